The molecule has 1 aliphatic heterocycles. The van der Waals surface area contributed by atoms with Gasteiger partial charge in [0.25, 0.3) is 0 Å². The highest BCUT2D eigenvalue weighted by Gasteiger charge is 2.26. The lowest BCUT2D eigenvalue weighted by Gasteiger charge is -2.19. The fourth-order valence-corrected chi connectivity index (χ4v) is 2.06. The van der Waals surface area contributed by atoms with Crippen LogP contribution >= 0.6 is 0 Å². The molecule has 2 amide bonds. The molecule has 5 nitrogen and oxygen atoms in total. The van der Waals surface area contributed by atoms with Crippen LogP contribution in [0.3, 0.4) is 0 Å². The minimum Gasteiger partial charge on any atom is -0.365 e. The van der Waals surface area contributed by atoms with E-state index in [-0.39, 0.29) is 18.1 Å². The Morgan fingerprint density at radius 3 is 3.00 bits per heavy atom. The van der Waals surface area contributed by atoms with Gasteiger partial charge in [-0.1, -0.05) is 6.07 Å². The SMILES string of the molecule is CC(C)NC(=O)N1CCC(Nc2ccccn2)C1. The van der Waals surface area contributed by atoms with E-state index in [0.717, 1.165) is 25.3 Å². The number of hydrogen-bond acceptors (Lipinski definition) is 3. The van der Waals surface area contributed by atoms with Crippen molar-refractivity contribution in [3.8, 4) is 0 Å². The number of anilines is 1. The summed E-state index contributed by atoms with van der Waals surface area (Å²) in [7, 11) is 0. The predicted octanol–water partition coefficient (Wildman–Crippen LogP) is 1.69. The van der Waals surface area contributed by atoms with Gasteiger partial charge < -0.3 is 15.5 Å². The van der Waals surface area contributed by atoms with E-state index in [1.807, 2.05) is 36.9 Å². The number of rotatable bonds is 3. The van der Waals surface area contributed by atoms with Crippen molar-refractivity contribution < 1.29 is 4.79 Å². The third-order valence-corrected chi connectivity index (χ3v) is 2.90. The van der Waals surface area contributed by atoms with E-state index in [9.17, 15) is 4.79 Å². The maximum absolute atomic E-state index is 11.8. The van der Waals surface area contributed by atoms with Gasteiger partial charge in [-0.25, -0.2) is 9.78 Å². The number of amides is 2. The van der Waals surface area contributed by atoms with Crippen molar-refractivity contribution in [2.24, 2.45) is 0 Å². The molecule has 1 aromatic rings. The number of aromatic nitrogens is 1. The Balaban J connectivity index is 1.83. The van der Waals surface area contributed by atoms with Gasteiger partial charge in [-0.3, -0.25) is 0 Å². The number of pyridine rings is 1. The first-order chi connectivity index (χ1) is 8.65. The molecule has 1 unspecified atom stereocenters. The highest BCUT2D eigenvalue weighted by atomic mass is 16.2. The molecule has 2 N–H and O–H groups in total. The van der Waals surface area contributed by atoms with Gasteiger partial charge in [0.15, 0.2) is 0 Å². The molecule has 5 heteroatoms. The van der Waals surface area contributed by atoms with Crippen LogP contribution in [-0.2, 0) is 0 Å². The zero-order valence-corrected chi connectivity index (χ0v) is 10.9. The minimum absolute atomic E-state index is 0.0234. The zero-order valence-electron chi connectivity index (χ0n) is 10.9. The third kappa shape index (κ3) is 3.35. The standard InChI is InChI=1S/C13H20N4O/c1-10(2)15-13(18)17-8-6-11(9-17)16-12-5-3-4-7-14-12/h3-5,7,10-11H,6,8-9H2,1-2H3,(H,14,16)(H,15,18). The van der Waals surface area contributed by atoms with Crippen molar-refractivity contribution in [3.05, 3.63) is 24.4 Å². The van der Waals surface area contributed by atoms with E-state index in [1.165, 1.54) is 0 Å². The smallest absolute Gasteiger partial charge is 0.317 e. The maximum atomic E-state index is 11.8. The lowest BCUT2D eigenvalue weighted by Crippen LogP contribution is -2.42. The van der Waals surface area contributed by atoms with E-state index >= 15 is 0 Å². The molecule has 0 radical (unpaired) electrons. The average molecular weight is 248 g/mol. The summed E-state index contributed by atoms with van der Waals surface area (Å²) in [5.74, 6) is 0.869. The van der Waals surface area contributed by atoms with Crippen LogP contribution in [0.1, 0.15) is 20.3 Å². The largest absolute Gasteiger partial charge is 0.365 e. The van der Waals surface area contributed by atoms with Crippen LogP contribution in [0.5, 0.6) is 0 Å². The van der Waals surface area contributed by atoms with Crippen molar-refractivity contribution in [1.82, 2.24) is 15.2 Å². The summed E-state index contributed by atoms with van der Waals surface area (Å²) in [6, 6.07) is 6.28. The number of hydrogen-bond donors (Lipinski definition) is 2. The van der Waals surface area contributed by atoms with E-state index < -0.39 is 0 Å². The summed E-state index contributed by atoms with van der Waals surface area (Å²) < 4.78 is 0. The molecule has 1 atom stereocenters. The van der Waals surface area contributed by atoms with E-state index in [0.29, 0.717) is 0 Å². The van der Waals surface area contributed by atoms with E-state index in [4.69, 9.17) is 0 Å². The molecule has 2 heterocycles. The highest BCUT2D eigenvalue weighted by Crippen LogP contribution is 2.14. The molecule has 0 bridgehead atoms. The van der Waals surface area contributed by atoms with Crippen LogP contribution in [0.25, 0.3) is 0 Å². The first kappa shape index (κ1) is 12.7. The summed E-state index contributed by atoms with van der Waals surface area (Å²) in [4.78, 5) is 17.9. The van der Waals surface area contributed by atoms with Gasteiger partial charge in [0.2, 0.25) is 0 Å². The Labute approximate surface area is 108 Å². The summed E-state index contributed by atoms with van der Waals surface area (Å²) in [6.45, 7) is 5.47. The Morgan fingerprint density at radius 1 is 1.50 bits per heavy atom. The number of nitrogens with zero attached hydrogens (tertiary/aromatic N) is 2. The number of likely N-dealkylation sites (tertiary alicyclic amines) is 1. The average Bonchev–Trinajstić information content (AvgIpc) is 2.78. The summed E-state index contributed by atoms with van der Waals surface area (Å²) in [5, 5.41) is 6.26. The predicted molar refractivity (Wildman–Crippen MR) is 71.5 cm³/mol. The molecule has 18 heavy (non-hydrogen) atoms. The Hall–Kier alpha value is -1.78. The number of urea groups is 1. The molecule has 1 aliphatic rings. The lowest BCUT2D eigenvalue weighted by atomic mass is 10.2. The van der Waals surface area contributed by atoms with Gasteiger partial charge in [-0.15, -0.1) is 0 Å². The minimum atomic E-state index is 0.0234. The summed E-state index contributed by atoms with van der Waals surface area (Å²) >= 11 is 0. The molecule has 0 aliphatic carbocycles. The van der Waals surface area contributed by atoms with E-state index in [1.54, 1.807) is 6.20 Å². The molecule has 1 aromatic heterocycles. The van der Waals surface area contributed by atoms with Gasteiger partial charge in [0, 0.05) is 31.4 Å². The topological polar surface area (TPSA) is 57.3 Å². The van der Waals surface area contributed by atoms with Crippen LogP contribution in [0.2, 0.25) is 0 Å². The van der Waals surface area contributed by atoms with Crippen LogP contribution in [0.15, 0.2) is 24.4 Å². The molecular formula is C13H20N4O. The number of carbonyl (C=O) groups excluding carboxylic acids is 1. The first-order valence-electron chi connectivity index (χ1n) is 6.38. The quantitative estimate of drug-likeness (QED) is 0.855. The zero-order chi connectivity index (χ0) is 13.0. The van der Waals surface area contributed by atoms with Gasteiger partial charge in [-0.2, -0.15) is 0 Å². The molecule has 0 saturated carbocycles. The van der Waals surface area contributed by atoms with Gasteiger partial charge in [-0.05, 0) is 32.4 Å². The fourth-order valence-electron chi connectivity index (χ4n) is 2.06. The van der Waals surface area contributed by atoms with Crippen molar-refractivity contribution in [1.29, 1.82) is 0 Å². The monoisotopic (exact) mass is 248 g/mol. The third-order valence-electron chi connectivity index (χ3n) is 2.90. The van der Waals surface area contributed by atoms with E-state index in [2.05, 4.69) is 15.6 Å². The van der Waals surface area contributed by atoms with Crippen LogP contribution in [0.4, 0.5) is 10.6 Å². The lowest BCUT2D eigenvalue weighted by molar-refractivity contribution is 0.206. The summed E-state index contributed by atoms with van der Waals surface area (Å²) in [6.07, 6.45) is 2.72. The fraction of sp³-hybridized carbons (Fsp3) is 0.538. The maximum Gasteiger partial charge on any atom is 0.317 e. The second-order valence-corrected chi connectivity index (χ2v) is 4.90. The number of carbonyl (C=O) groups is 1. The Bertz CT molecular complexity index is 393. The molecular weight excluding hydrogens is 228 g/mol. The van der Waals surface area contributed by atoms with Crippen molar-refractivity contribution >= 4 is 11.8 Å². The Kier molecular flexibility index (Phi) is 4.02. The number of nitrogens with one attached hydrogen (secondary N) is 2. The highest BCUT2D eigenvalue weighted by molar-refractivity contribution is 5.74. The van der Waals surface area contributed by atoms with Crippen LogP contribution < -0.4 is 10.6 Å². The molecule has 0 spiro atoms. The Morgan fingerprint density at radius 2 is 2.33 bits per heavy atom. The van der Waals surface area contributed by atoms with Gasteiger partial charge in [0.05, 0.1) is 0 Å². The first-order valence-corrected chi connectivity index (χ1v) is 6.38. The normalized spacial score (nSPS) is 19.1. The van der Waals surface area contributed by atoms with Crippen LogP contribution in [0, 0.1) is 0 Å². The molecule has 0 aromatic carbocycles. The molecule has 1 fully saturated rings. The second-order valence-electron chi connectivity index (χ2n) is 4.90. The summed E-state index contributed by atoms with van der Waals surface area (Å²) in [5.41, 5.74) is 0. The van der Waals surface area contributed by atoms with Crippen molar-refractivity contribution in [2.45, 2.75) is 32.4 Å². The van der Waals surface area contributed by atoms with Gasteiger partial charge >= 0.3 is 6.03 Å². The van der Waals surface area contributed by atoms with Crippen LogP contribution in [-0.4, -0.2) is 41.1 Å². The molecule has 2 rings (SSSR count). The van der Waals surface area contributed by atoms with Crippen molar-refractivity contribution in [2.75, 3.05) is 18.4 Å². The van der Waals surface area contributed by atoms with Gasteiger partial charge in [0.1, 0.15) is 5.82 Å². The molecule has 98 valence electrons. The molecule has 1 saturated heterocycles. The second kappa shape index (κ2) is 5.71. The van der Waals surface area contributed by atoms with Crippen molar-refractivity contribution in [3.63, 3.8) is 0 Å².